The highest BCUT2D eigenvalue weighted by atomic mass is 19.1. The summed E-state index contributed by atoms with van der Waals surface area (Å²) in [5.41, 5.74) is 0.459. The van der Waals surface area contributed by atoms with E-state index in [0.717, 1.165) is 19.1 Å². The Bertz CT molecular complexity index is 418. The van der Waals surface area contributed by atoms with Crippen LogP contribution in [0.2, 0.25) is 0 Å². The Kier molecular flexibility index (Phi) is 4.30. The van der Waals surface area contributed by atoms with E-state index in [0.29, 0.717) is 5.69 Å². The van der Waals surface area contributed by atoms with Crippen molar-refractivity contribution in [3.8, 4) is 11.8 Å². The zero-order valence-electron chi connectivity index (χ0n) is 8.37. The van der Waals surface area contributed by atoms with Crippen molar-refractivity contribution in [2.45, 2.75) is 19.8 Å². The first-order valence-corrected chi connectivity index (χ1v) is 4.60. The Labute approximate surface area is 87.6 Å². The lowest BCUT2D eigenvalue weighted by Crippen LogP contribution is -1.95. The van der Waals surface area contributed by atoms with Crippen LogP contribution in [0.1, 0.15) is 31.2 Å². The molecule has 0 unspecified atom stereocenters. The number of hydrogen-bond donors (Lipinski definition) is 1. The largest absolute Gasteiger partial charge is 0.411 e. The summed E-state index contributed by atoms with van der Waals surface area (Å²) in [5.74, 6) is 5.17. The van der Waals surface area contributed by atoms with Crippen molar-refractivity contribution in [2.75, 3.05) is 0 Å². The normalized spacial score (nSPS) is 10.0. The smallest absolute Gasteiger partial charge is 0.150 e. The molecule has 1 N–H and O–H groups in total. The van der Waals surface area contributed by atoms with E-state index in [-0.39, 0.29) is 5.69 Å². The van der Waals surface area contributed by atoms with Crippen LogP contribution < -0.4 is 0 Å². The first-order valence-electron chi connectivity index (χ1n) is 4.60. The second-order valence-corrected chi connectivity index (χ2v) is 2.86. The number of oxime groups is 1. The molecule has 0 aliphatic rings. The highest BCUT2D eigenvalue weighted by molar-refractivity contribution is 5.76. The number of unbranched alkanes of at least 4 members (excludes halogenated alkanes) is 1. The van der Waals surface area contributed by atoms with Crippen molar-refractivity contribution in [2.24, 2.45) is 5.16 Å². The number of halogens is 1. The molecule has 0 aromatic carbocycles. The maximum absolute atomic E-state index is 13.0. The lowest BCUT2D eigenvalue weighted by atomic mass is 10.2. The molecule has 0 saturated heterocycles. The maximum atomic E-state index is 13.0. The van der Waals surface area contributed by atoms with Crippen molar-refractivity contribution in [1.29, 1.82) is 0 Å². The first kappa shape index (κ1) is 11.2. The molecule has 0 aliphatic heterocycles. The van der Waals surface area contributed by atoms with Gasteiger partial charge in [0.05, 0.1) is 6.21 Å². The minimum Gasteiger partial charge on any atom is -0.411 e. The zero-order chi connectivity index (χ0) is 11.1. The lowest BCUT2D eigenvalue weighted by molar-refractivity contribution is 0.321. The third-order valence-corrected chi connectivity index (χ3v) is 1.64. The number of pyridine rings is 1. The van der Waals surface area contributed by atoms with Gasteiger partial charge in [-0.1, -0.05) is 18.0 Å². The molecule has 78 valence electrons. The van der Waals surface area contributed by atoms with Gasteiger partial charge in [-0.25, -0.2) is 9.37 Å². The SMILES string of the molecule is CCCC#Cc1ccc(F)c(/C=N/O)n1. The molecule has 0 radical (unpaired) electrons. The minimum absolute atomic E-state index is 0.0131. The molecule has 0 aliphatic carbocycles. The molecule has 15 heavy (non-hydrogen) atoms. The average Bonchev–Trinajstić information content (AvgIpc) is 2.23. The van der Waals surface area contributed by atoms with Crippen LogP contribution >= 0.6 is 0 Å². The van der Waals surface area contributed by atoms with E-state index in [9.17, 15) is 4.39 Å². The van der Waals surface area contributed by atoms with Gasteiger partial charge < -0.3 is 5.21 Å². The molecule has 3 nitrogen and oxygen atoms in total. The highest BCUT2D eigenvalue weighted by Gasteiger charge is 2.01. The Morgan fingerprint density at radius 1 is 1.60 bits per heavy atom. The van der Waals surface area contributed by atoms with E-state index in [4.69, 9.17) is 5.21 Å². The van der Waals surface area contributed by atoms with E-state index >= 15 is 0 Å². The summed E-state index contributed by atoms with van der Waals surface area (Å²) < 4.78 is 13.0. The molecule has 0 atom stereocenters. The fourth-order valence-corrected chi connectivity index (χ4v) is 0.951. The maximum Gasteiger partial charge on any atom is 0.150 e. The molecule has 1 heterocycles. The predicted molar refractivity (Wildman–Crippen MR) is 55.4 cm³/mol. The van der Waals surface area contributed by atoms with Crippen LogP contribution in [0.4, 0.5) is 4.39 Å². The van der Waals surface area contributed by atoms with Crippen LogP contribution in [-0.2, 0) is 0 Å². The van der Waals surface area contributed by atoms with E-state index in [1.54, 1.807) is 0 Å². The van der Waals surface area contributed by atoms with Crippen molar-refractivity contribution < 1.29 is 9.60 Å². The monoisotopic (exact) mass is 206 g/mol. The fourth-order valence-electron chi connectivity index (χ4n) is 0.951. The molecular formula is C11H11FN2O. The number of nitrogens with zero attached hydrogens (tertiary/aromatic N) is 2. The third-order valence-electron chi connectivity index (χ3n) is 1.64. The summed E-state index contributed by atoms with van der Waals surface area (Å²) >= 11 is 0. The minimum atomic E-state index is -0.533. The molecular weight excluding hydrogens is 195 g/mol. The van der Waals surface area contributed by atoms with Gasteiger partial charge in [-0.15, -0.1) is 0 Å². The summed E-state index contributed by atoms with van der Waals surface area (Å²) in [7, 11) is 0. The summed E-state index contributed by atoms with van der Waals surface area (Å²) in [6, 6.07) is 2.74. The summed E-state index contributed by atoms with van der Waals surface area (Å²) in [6.07, 6.45) is 2.70. The predicted octanol–water partition coefficient (Wildman–Crippen LogP) is 2.18. The van der Waals surface area contributed by atoms with Crippen LogP contribution in [0.15, 0.2) is 17.3 Å². The van der Waals surface area contributed by atoms with Gasteiger partial charge >= 0.3 is 0 Å². The Hall–Kier alpha value is -1.89. The molecule has 1 rings (SSSR count). The van der Waals surface area contributed by atoms with Gasteiger partial charge in [0.1, 0.15) is 11.4 Å². The molecule has 0 saturated carbocycles. The lowest BCUT2D eigenvalue weighted by Gasteiger charge is -1.95. The van der Waals surface area contributed by atoms with Crippen LogP contribution in [0.5, 0.6) is 0 Å². The van der Waals surface area contributed by atoms with Crippen LogP contribution in [0, 0.1) is 17.7 Å². The molecule has 0 amide bonds. The Morgan fingerprint density at radius 3 is 3.07 bits per heavy atom. The van der Waals surface area contributed by atoms with E-state index < -0.39 is 5.82 Å². The fraction of sp³-hybridized carbons (Fsp3) is 0.273. The van der Waals surface area contributed by atoms with Gasteiger partial charge in [0.25, 0.3) is 0 Å². The molecule has 0 bridgehead atoms. The molecule has 0 fully saturated rings. The van der Waals surface area contributed by atoms with Crippen LogP contribution in [0.25, 0.3) is 0 Å². The number of hydrogen-bond acceptors (Lipinski definition) is 3. The van der Waals surface area contributed by atoms with E-state index in [1.165, 1.54) is 12.1 Å². The topological polar surface area (TPSA) is 45.5 Å². The number of rotatable bonds is 2. The standard InChI is InChI=1S/C11H11FN2O/c1-2-3-4-5-9-6-7-10(12)11(14-9)8-13-15/h6-8,15H,2-3H2,1H3/b13-8+. The number of aromatic nitrogens is 1. The first-order chi connectivity index (χ1) is 7.27. The van der Waals surface area contributed by atoms with Gasteiger partial charge in [-0.2, -0.15) is 0 Å². The Balaban J connectivity index is 2.93. The van der Waals surface area contributed by atoms with Crippen molar-refractivity contribution in [3.05, 3.63) is 29.3 Å². The quantitative estimate of drug-likeness (QED) is 0.349. The zero-order valence-corrected chi connectivity index (χ0v) is 8.37. The van der Waals surface area contributed by atoms with Gasteiger partial charge in [0.15, 0.2) is 5.82 Å². The summed E-state index contributed by atoms with van der Waals surface area (Å²) in [4.78, 5) is 3.88. The van der Waals surface area contributed by atoms with E-state index in [1.807, 2.05) is 6.92 Å². The molecule has 1 aromatic heterocycles. The Morgan fingerprint density at radius 2 is 2.40 bits per heavy atom. The second kappa shape index (κ2) is 5.76. The van der Waals surface area contributed by atoms with Crippen molar-refractivity contribution in [3.63, 3.8) is 0 Å². The van der Waals surface area contributed by atoms with Crippen LogP contribution in [0.3, 0.4) is 0 Å². The van der Waals surface area contributed by atoms with E-state index in [2.05, 4.69) is 22.0 Å². The highest BCUT2D eigenvalue weighted by Crippen LogP contribution is 2.03. The van der Waals surface area contributed by atoms with Gasteiger partial charge in [0.2, 0.25) is 0 Å². The van der Waals surface area contributed by atoms with Gasteiger partial charge in [-0.3, -0.25) is 0 Å². The summed E-state index contributed by atoms with van der Waals surface area (Å²) in [5, 5.41) is 11.0. The van der Waals surface area contributed by atoms with Gasteiger partial charge in [-0.05, 0) is 24.5 Å². The van der Waals surface area contributed by atoms with Crippen LogP contribution in [-0.4, -0.2) is 16.4 Å². The second-order valence-electron chi connectivity index (χ2n) is 2.86. The summed E-state index contributed by atoms with van der Waals surface area (Å²) in [6.45, 7) is 2.02. The molecule has 1 aromatic rings. The molecule has 0 spiro atoms. The van der Waals surface area contributed by atoms with Gasteiger partial charge in [0, 0.05) is 6.42 Å². The third kappa shape index (κ3) is 3.39. The molecule has 4 heteroatoms. The average molecular weight is 206 g/mol. The van der Waals surface area contributed by atoms with Crippen molar-refractivity contribution >= 4 is 6.21 Å². The van der Waals surface area contributed by atoms with Crippen molar-refractivity contribution in [1.82, 2.24) is 4.98 Å².